The first-order chi connectivity index (χ1) is 7.52. The summed E-state index contributed by atoms with van der Waals surface area (Å²) in [7, 11) is 0. The Hall–Kier alpha value is -0.810. The minimum Gasteiger partial charge on any atom is -0.368 e. The fourth-order valence-corrected chi connectivity index (χ4v) is 1.98. The number of amides is 2. The molecule has 0 spiro atoms. The lowest BCUT2D eigenvalue weighted by atomic mass is 9.97. The number of piperidine rings is 1. The van der Waals surface area contributed by atoms with Gasteiger partial charge in [-0.25, -0.2) is 0 Å². The summed E-state index contributed by atoms with van der Waals surface area (Å²) in [5.41, 5.74) is 5.15. The van der Waals surface area contributed by atoms with Crippen LogP contribution in [0.4, 0.5) is 0 Å². The fraction of sp³-hybridized carbons (Fsp3) is 0.818. The van der Waals surface area contributed by atoms with Gasteiger partial charge in [-0.15, -0.1) is 12.4 Å². The van der Waals surface area contributed by atoms with Crippen LogP contribution in [0.15, 0.2) is 0 Å². The molecule has 1 aliphatic heterocycles. The second-order valence-electron chi connectivity index (χ2n) is 4.57. The van der Waals surface area contributed by atoms with Crippen molar-refractivity contribution in [1.82, 2.24) is 10.2 Å². The minimum atomic E-state index is -0.453. The molecule has 1 heterocycles. The van der Waals surface area contributed by atoms with E-state index in [1.165, 1.54) is 0 Å². The number of nitrogens with zero attached hydrogens (tertiary/aromatic N) is 1. The summed E-state index contributed by atoms with van der Waals surface area (Å²) in [4.78, 5) is 24.6. The van der Waals surface area contributed by atoms with E-state index in [1.54, 1.807) is 4.90 Å². The van der Waals surface area contributed by atoms with Gasteiger partial charge in [-0.05, 0) is 33.2 Å². The molecular weight excluding hydrogens is 242 g/mol. The number of primary amides is 1. The van der Waals surface area contributed by atoms with Crippen LogP contribution in [0.25, 0.3) is 0 Å². The smallest absolute Gasteiger partial charge is 0.237 e. The fourth-order valence-electron chi connectivity index (χ4n) is 1.98. The van der Waals surface area contributed by atoms with E-state index in [2.05, 4.69) is 5.32 Å². The zero-order valence-corrected chi connectivity index (χ0v) is 11.3. The van der Waals surface area contributed by atoms with Crippen molar-refractivity contribution in [2.75, 3.05) is 19.6 Å². The molecule has 2 amide bonds. The molecule has 0 aromatic rings. The highest BCUT2D eigenvalue weighted by molar-refractivity contribution is 5.85. The summed E-state index contributed by atoms with van der Waals surface area (Å²) in [5.74, 6) is -0.415. The van der Waals surface area contributed by atoms with Crippen LogP contribution in [0.3, 0.4) is 0 Å². The minimum absolute atomic E-state index is 0. The van der Waals surface area contributed by atoms with Crippen molar-refractivity contribution in [2.45, 2.75) is 32.7 Å². The second kappa shape index (κ2) is 7.50. The van der Waals surface area contributed by atoms with Crippen LogP contribution in [-0.4, -0.2) is 42.4 Å². The Bertz CT molecular complexity index is 265. The summed E-state index contributed by atoms with van der Waals surface area (Å²) in [6.07, 6.45) is 1.91. The predicted octanol–water partition coefficient (Wildman–Crippen LogP) is 0.130. The van der Waals surface area contributed by atoms with Crippen LogP contribution in [-0.2, 0) is 9.59 Å². The third-order valence-electron chi connectivity index (χ3n) is 2.88. The second-order valence-corrected chi connectivity index (χ2v) is 4.57. The molecule has 1 aliphatic rings. The highest BCUT2D eigenvalue weighted by Gasteiger charge is 2.28. The van der Waals surface area contributed by atoms with Crippen molar-refractivity contribution < 1.29 is 9.59 Å². The predicted molar refractivity (Wildman–Crippen MR) is 68.9 cm³/mol. The van der Waals surface area contributed by atoms with E-state index >= 15 is 0 Å². The van der Waals surface area contributed by atoms with Gasteiger partial charge in [-0.2, -0.15) is 0 Å². The number of carbonyl (C=O) groups is 2. The number of hydrogen-bond donors (Lipinski definition) is 2. The Kier molecular flexibility index (Phi) is 7.15. The van der Waals surface area contributed by atoms with Crippen LogP contribution in [0, 0.1) is 5.92 Å². The first-order valence-corrected chi connectivity index (χ1v) is 5.82. The van der Waals surface area contributed by atoms with E-state index in [4.69, 9.17) is 5.73 Å². The van der Waals surface area contributed by atoms with Gasteiger partial charge in [-0.3, -0.25) is 9.59 Å². The van der Waals surface area contributed by atoms with E-state index < -0.39 is 5.91 Å². The molecule has 1 fully saturated rings. The number of carbonyl (C=O) groups excluding carboxylic acids is 2. The maximum Gasteiger partial charge on any atom is 0.237 e. The first-order valence-electron chi connectivity index (χ1n) is 5.82. The van der Waals surface area contributed by atoms with Crippen molar-refractivity contribution >= 4 is 24.2 Å². The summed E-state index contributed by atoms with van der Waals surface area (Å²) in [6.45, 7) is 5.50. The highest BCUT2D eigenvalue weighted by Crippen LogP contribution is 2.14. The number of rotatable bonds is 4. The molecule has 1 saturated heterocycles. The van der Waals surface area contributed by atoms with Crippen LogP contribution in [0.5, 0.6) is 0 Å². The van der Waals surface area contributed by atoms with E-state index in [1.807, 2.05) is 13.8 Å². The first kappa shape index (κ1) is 16.2. The molecule has 5 nitrogen and oxygen atoms in total. The van der Waals surface area contributed by atoms with Gasteiger partial charge in [-0.1, -0.05) is 0 Å². The summed E-state index contributed by atoms with van der Waals surface area (Å²) >= 11 is 0. The topological polar surface area (TPSA) is 75.4 Å². The zero-order valence-electron chi connectivity index (χ0n) is 10.4. The van der Waals surface area contributed by atoms with Gasteiger partial charge in [0.2, 0.25) is 11.8 Å². The molecule has 0 radical (unpaired) electrons. The Balaban J connectivity index is 0.00000256. The molecule has 1 unspecified atom stereocenters. The van der Waals surface area contributed by atoms with Crippen LogP contribution >= 0.6 is 12.4 Å². The molecule has 1 rings (SSSR count). The quantitative estimate of drug-likeness (QED) is 0.757. The monoisotopic (exact) mass is 263 g/mol. The number of hydrogen-bond acceptors (Lipinski definition) is 3. The lowest BCUT2D eigenvalue weighted by molar-refractivity contribution is -0.141. The number of halogens is 1. The lowest BCUT2D eigenvalue weighted by Gasteiger charge is -2.31. The average Bonchev–Trinajstić information content (AvgIpc) is 2.25. The van der Waals surface area contributed by atoms with Crippen molar-refractivity contribution in [3.63, 3.8) is 0 Å². The normalized spacial score (nSPS) is 19.6. The van der Waals surface area contributed by atoms with Gasteiger partial charge >= 0.3 is 0 Å². The Labute approximate surface area is 109 Å². The molecule has 0 aliphatic carbocycles. The van der Waals surface area contributed by atoms with E-state index in [-0.39, 0.29) is 36.8 Å². The van der Waals surface area contributed by atoms with Gasteiger partial charge in [0.25, 0.3) is 0 Å². The molecule has 100 valence electrons. The third kappa shape index (κ3) is 4.91. The van der Waals surface area contributed by atoms with Gasteiger partial charge in [0.05, 0.1) is 12.5 Å². The number of nitrogens with one attached hydrogen (secondary N) is 1. The van der Waals surface area contributed by atoms with Gasteiger partial charge < -0.3 is 16.0 Å². The molecule has 0 aromatic carbocycles. The maximum atomic E-state index is 12.2. The molecule has 17 heavy (non-hydrogen) atoms. The van der Waals surface area contributed by atoms with E-state index in [0.717, 1.165) is 19.4 Å². The summed E-state index contributed by atoms with van der Waals surface area (Å²) < 4.78 is 0. The molecule has 0 saturated carbocycles. The van der Waals surface area contributed by atoms with Crippen LogP contribution in [0.2, 0.25) is 0 Å². The molecule has 3 N–H and O–H groups in total. The summed E-state index contributed by atoms with van der Waals surface area (Å²) in [6, 6.07) is 0.0157. The molecule has 0 bridgehead atoms. The molecule has 1 atom stereocenters. The SMILES string of the molecule is CC(C)N(CC(N)=O)C(=O)C1CCCNC1.Cl. The zero-order chi connectivity index (χ0) is 12.1. The Morgan fingerprint density at radius 1 is 1.47 bits per heavy atom. The molecule has 6 heteroatoms. The summed E-state index contributed by atoms with van der Waals surface area (Å²) in [5, 5.41) is 3.20. The van der Waals surface area contributed by atoms with Gasteiger partial charge in [0.1, 0.15) is 0 Å². The Morgan fingerprint density at radius 3 is 2.53 bits per heavy atom. The molecular formula is C11H22ClN3O2. The van der Waals surface area contributed by atoms with E-state index in [0.29, 0.717) is 6.54 Å². The standard InChI is InChI=1S/C11H21N3O2.ClH/c1-8(2)14(7-10(12)15)11(16)9-4-3-5-13-6-9;/h8-9,13H,3-7H2,1-2H3,(H2,12,15);1H. The third-order valence-corrected chi connectivity index (χ3v) is 2.88. The van der Waals surface area contributed by atoms with Crippen molar-refractivity contribution in [2.24, 2.45) is 11.7 Å². The van der Waals surface area contributed by atoms with Crippen LogP contribution in [0.1, 0.15) is 26.7 Å². The van der Waals surface area contributed by atoms with Crippen molar-refractivity contribution in [3.05, 3.63) is 0 Å². The van der Waals surface area contributed by atoms with Crippen molar-refractivity contribution in [1.29, 1.82) is 0 Å². The largest absolute Gasteiger partial charge is 0.368 e. The average molecular weight is 264 g/mol. The maximum absolute atomic E-state index is 12.2. The van der Waals surface area contributed by atoms with Crippen molar-refractivity contribution in [3.8, 4) is 0 Å². The van der Waals surface area contributed by atoms with E-state index in [9.17, 15) is 9.59 Å². The number of nitrogens with two attached hydrogens (primary N) is 1. The van der Waals surface area contributed by atoms with Gasteiger partial charge in [0, 0.05) is 12.6 Å². The van der Waals surface area contributed by atoms with Gasteiger partial charge in [0.15, 0.2) is 0 Å². The molecule has 0 aromatic heterocycles. The van der Waals surface area contributed by atoms with Crippen LogP contribution < -0.4 is 11.1 Å². The Morgan fingerprint density at radius 2 is 2.12 bits per heavy atom. The lowest BCUT2D eigenvalue weighted by Crippen LogP contribution is -2.48. The highest BCUT2D eigenvalue weighted by atomic mass is 35.5.